The van der Waals surface area contributed by atoms with E-state index < -0.39 is 35.1 Å². The Morgan fingerprint density at radius 2 is 1.81 bits per heavy atom. The van der Waals surface area contributed by atoms with E-state index >= 15 is 0 Å². The van der Waals surface area contributed by atoms with Crippen LogP contribution in [-0.4, -0.2) is 46.0 Å². The zero-order chi connectivity index (χ0) is 26.9. The van der Waals surface area contributed by atoms with Gasteiger partial charge in [0.05, 0.1) is 23.2 Å². The Morgan fingerprint density at radius 1 is 1.16 bits per heavy atom. The number of amides is 1. The quantitative estimate of drug-likeness (QED) is 0.599. The fourth-order valence-electron chi connectivity index (χ4n) is 5.56. The van der Waals surface area contributed by atoms with Crippen LogP contribution in [0.15, 0.2) is 53.7 Å². The summed E-state index contributed by atoms with van der Waals surface area (Å²) in [7, 11) is 0. The second-order valence-electron chi connectivity index (χ2n) is 9.50. The molecular formula is C28H27F3N3O3. The molecule has 2 aromatic rings. The summed E-state index contributed by atoms with van der Waals surface area (Å²) >= 11 is 0. The van der Waals surface area contributed by atoms with Crippen LogP contribution in [0.25, 0.3) is 0 Å². The van der Waals surface area contributed by atoms with Crippen LogP contribution in [0.2, 0.25) is 0 Å². The van der Waals surface area contributed by atoms with E-state index in [-0.39, 0.29) is 41.4 Å². The van der Waals surface area contributed by atoms with Gasteiger partial charge in [-0.1, -0.05) is 18.2 Å². The first-order chi connectivity index (χ1) is 17.6. The molecule has 0 aliphatic carbocycles. The zero-order valence-electron chi connectivity index (χ0n) is 20.4. The summed E-state index contributed by atoms with van der Waals surface area (Å²) in [6.45, 7) is 6.42. The van der Waals surface area contributed by atoms with Crippen LogP contribution in [0.5, 0.6) is 0 Å². The maximum Gasteiger partial charge on any atom is 0.333 e. The molecule has 2 aliphatic rings. The first kappa shape index (κ1) is 26.4. The number of allylic oxidation sites excluding steroid dienone is 1. The standard InChI is InChI=1S/C28H27F3N3O3/c1-3-24(33-12-10-28(16-32,11-13-33)19-5-7-20(29)8-6-19)34-17(2)26(27(36)37)21(15-25(34)35)18-4-9-22(30)23(31)14-18/h4-9,14,21,24H,1,3,10-13,15H2,2H3,(H,36,37). The number of nitriles is 1. The van der Waals surface area contributed by atoms with Crippen LogP contribution in [-0.2, 0) is 15.0 Å². The molecule has 0 bridgehead atoms. The van der Waals surface area contributed by atoms with E-state index in [2.05, 4.69) is 13.0 Å². The minimum atomic E-state index is -1.24. The van der Waals surface area contributed by atoms with Gasteiger partial charge in [-0.2, -0.15) is 5.26 Å². The van der Waals surface area contributed by atoms with Crippen molar-refractivity contribution in [2.45, 2.75) is 50.1 Å². The number of halogens is 3. The Labute approximate surface area is 213 Å². The Hall–Kier alpha value is -3.64. The Kier molecular flexibility index (Phi) is 7.42. The molecule has 37 heavy (non-hydrogen) atoms. The van der Waals surface area contributed by atoms with Crippen LogP contribution in [0.3, 0.4) is 0 Å². The molecule has 2 aromatic carbocycles. The lowest BCUT2D eigenvalue weighted by Gasteiger charge is -2.47. The molecule has 4 rings (SSSR count). The molecule has 1 N–H and O–H groups in total. The fraction of sp³-hybridized carbons (Fsp3) is 0.357. The first-order valence-corrected chi connectivity index (χ1v) is 12.0. The predicted octanol–water partition coefficient (Wildman–Crippen LogP) is 4.89. The SMILES string of the molecule is [CH2]CC(N1CCC(C#N)(c2ccc(F)cc2)CC1)N1C(=O)CC(c2ccc(F)c(F)c2)C(C(=O)O)=C1C. The van der Waals surface area contributed by atoms with Gasteiger partial charge in [-0.25, -0.2) is 18.0 Å². The monoisotopic (exact) mass is 510 g/mol. The van der Waals surface area contributed by atoms with E-state index in [1.807, 2.05) is 4.90 Å². The number of carbonyl (C=O) groups excluding carboxylic acids is 1. The average Bonchev–Trinajstić information content (AvgIpc) is 2.88. The van der Waals surface area contributed by atoms with Crippen molar-refractivity contribution in [2.24, 2.45) is 0 Å². The summed E-state index contributed by atoms with van der Waals surface area (Å²) in [5.74, 6) is -5.06. The van der Waals surface area contributed by atoms with Gasteiger partial charge in [0.1, 0.15) is 5.82 Å². The van der Waals surface area contributed by atoms with E-state index in [9.17, 15) is 33.1 Å². The van der Waals surface area contributed by atoms with Gasteiger partial charge in [0.2, 0.25) is 5.91 Å². The molecule has 2 unspecified atom stereocenters. The van der Waals surface area contributed by atoms with E-state index in [1.165, 1.54) is 30.0 Å². The van der Waals surface area contributed by atoms with E-state index in [0.717, 1.165) is 17.7 Å². The number of hydrogen-bond donors (Lipinski definition) is 1. The number of piperidine rings is 1. The third-order valence-corrected chi connectivity index (χ3v) is 7.56. The second-order valence-corrected chi connectivity index (χ2v) is 9.50. The summed E-state index contributed by atoms with van der Waals surface area (Å²) < 4.78 is 40.8. The van der Waals surface area contributed by atoms with Gasteiger partial charge in [-0.05, 0) is 68.5 Å². The molecule has 0 aromatic heterocycles. The van der Waals surface area contributed by atoms with Crippen LogP contribution >= 0.6 is 0 Å². The van der Waals surface area contributed by atoms with Crippen molar-refractivity contribution in [1.29, 1.82) is 5.26 Å². The highest BCUT2D eigenvalue weighted by Gasteiger charge is 2.43. The van der Waals surface area contributed by atoms with Crippen molar-refractivity contribution in [2.75, 3.05) is 13.1 Å². The van der Waals surface area contributed by atoms with Crippen molar-refractivity contribution in [3.63, 3.8) is 0 Å². The Balaban J connectivity index is 1.62. The first-order valence-electron chi connectivity index (χ1n) is 12.0. The van der Waals surface area contributed by atoms with Crippen molar-refractivity contribution in [1.82, 2.24) is 9.80 Å². The summed E-state index contributed by atoms with van der Waals surface area (Å²) in [5, 5.41) is 20.0. The lowest BCUT2D eigenvalue weighted by Crippen LogP contribution is -2.55. The molecule has 1 saturated heterocycles. The van der Waals surface area contributed by atoms with E-state index in [1.54, 1.807) is 12.1 Å². The van der Waals surface area contributed by atoms with E-state index in [0.29, 0.717) is 25.9 Å². The summed E-state index contributed by atoms with van der Waals surface area (Å²) in [5.41, 5.74) is 0.318. The summed E-state index contributed by atoms with van der Waals surface area (Å²) in [6.07, 6.45) is 0.394. The van der Waals surface area contributed by atoms with Crippen LogP contribution in [0, 0.1) is 35.7 Å². The van der Waals surface area contributed by atoms with Crippen LogP contribution in [0.1, 0.15) is 49.7 Å². The van der Waals surface area contributed by atoms with Crippen molar-refractivity contribution in [3.05, 3.63) is 89.2 Å². The summed E-state index contributed by atoms with van der Waals surface area (Å²) in [6, 6.07) is 11.4. The Morgan fingerprint density at radius 3 is 2.35 bits per heavy atom. The highest BCUT2D eigenvalue weighted by atomic mass is 19.2. The smallest absolute Gasteiger partial charge is 0.333 e. The minimum absolute atomic E-state index is 0.0567. The molecular weight excluding hydrogens is 483 g/mol. The van der Waals surface area contributed by atoms with Crippen molar-refractivity contribution in [3.8, 4) is 6.07 Å². The highest BCUT2D eigenvalue weighted by Crippen LogP contribution is 2.41. The highest BCUT2D eigenvalue weighted by molar-refractivity contribution is 5.94. The van der Waals surface area contributed by atoms with Gasteiger partial charge >= 0.3 is 5.97 Å². The van der Waals surface area contributed by atoms with Crippen LogP contribution < -0.4 is 0 Å². The van der Waals surface area contributed by atoms with Gasteiger partial charge in [0, 0.05) is 31.1 Å². The number of carbonyl (C=O) groups is 2. The maximum absolute atomic E-state index is 13.9. The number of rotatable bonds is 6. The number of benzene rings is 2. The van der Waals surface area contributed by atoms with Gasteiger partial charge in [0.15, 0.2) is 11.6 Å². The van der Waals surface area contributed by atoms with Crippen LogP contribution in [0.4, 0.5) is 13.2 Å². The third kappa shape index (κ3) is 4.86. The number of hydrogen-bond acceptors (Lipinski definition) is 4. The Bertz CT molecular complexity index is 1280. The number of carboxylic acid groups (broad SMARTS) is 1. The van der Waals surface area contributed by atoms with Gasteiger partial charge in [-0.15, -0.1) is 0 Å². The number of aliphatic carboxylic acids is 1. The molecule has 2 atom stereocenters. The van der Waals surface area contributed by atoms with Gasteiger partial charge < -0.3 is 5.11 Å². The van der Waals surface area contributed by atoms with Gasteiger partial charge in [0.25, 0.3) is 0 Å². The zero-order valence-corrected chi connectivity index (χ0v) is 20.4. The van der Waals surface area contributed by atoms with E-state index in [4.69, 9.17) is 0 Å². The molecule has 193 valence electrons. The maximum atomic E-state index is 13.9. The predicted molar refractivity (Wildman–Crippen MR) is 129 cm³/mol. The lowest BCUT2D eigenvalue weighted by molar-refractivity contribution is -0.138. The largest absolute Gasteiger partial charge is 0.478 e. The topological polar surface area (TPSA) is 84.6 Å². The number of likely N-dealkylation sites (tertiary alicyclic amines) is 1. The number of nitrogens with zero attached hydrogens (tertiary/aromatic N) is 3. The molecule has 1 fully saturated rings. The molecule has 9 heteroatoms. The average molecular weight is 511 g/mol. The minimum Gasteiger partial charge on any atom is -0.478 e. The molecule has 1 radical (unpaired) electrons. The molecule has 2 heterocycles. The van der Waals surface area contributed by atoms with Gasteiger partial charge in [-0.3, -0.25) is 14.6 Å². The molecule has 0 spiro atoms. The number of carboxylic acids is 1. The lowest BCUT2D eigenvalue weighted by atomic mass is 9.74. The molecule has 2 aliphatic heterocycles. The third-order valence-electron chi connectivity index (χ3n) is 7.56. The van der Waals surface area contributed by atoms with Crippen molar-refractivity contribution < 1.29 is 27.9 Å². The molecule has 1 amide bonds. The fourth-order valence-corrected chi connectivity index (χ4v) is 5.56. The van der Waals surface area contributed by atoms with Crippen molar-refractivity contribution >= 4 is 11.9 Å². The normalized spacial score (nSPS) is 21.0. The summed E-state index contributed by atoms with van der Waals surface area (Å²) in [4.78, 5) is 29.1. The second kappa shape index (κ2) is 10.4. The molecule has 6 nitrogen and oxygen atoms in total. The molecule has 0 saturated carbocycles.